The minimum Gasteiger partial charge on any atom is -0.376 e. The van der Waals surface area contributed by atoms with E-state index >= 15 is 0 Å². The van der Waals surface area contributed by atoms with Crippen molar-refractivity contribution in [3.05, 3.63) is 39.9 Å². The summed E-state index contributed by atoms with van der Waals surface area (Å²) >= 11 is 1.46. The number of nitro benzene ring substituents is 1. The molecule has 22 heavy (non-hydrogen) atoms. The van der Waals surface area contributed by atoms with Crippen molar-refractivity contribution < 1.29 is 9.66 Å². The largest absolute Gasteiger partial charge is 0.376 e. The Labute approximate surface area is 131 Å². The van der Waals surface area contributed by atoms with E-state index in [4.69, 9.17) is 4.74 Å². The maximum Gasteiger partial charge on any atom is 0.269 e. The number of hydrogen-bond acceptors (Lipinski definition) is 7. The molecule has 1 aromatic heterocycles. The van der Waals surface area contributed by atoms with E-state index in [-0.39, 0.29) is 11.8 Å². The SMILES string of the molecule is O=[N+]([O-])c1cccc(CSc2nnnn2CC2CCCO2)c1. The van der Waals surface area contributed by atoms with Crippen molar-refractivity contribution in [2.24, 2.45) is 0 Å². The second-order valence-corrected chi connectivity index (χ2v) is 5.94. The number of ether oxygens (including phenoxy) is 1. The van der Waals surface area contributed by atoms with E-state index in [2.05, 4.69) is 15.5 Å². The fourth-order valence-electron chi connectivity index (χ4n) is 2.30. The number of aromatic nitrogens is 4. The quantitative estimate of drug-likeness (QED) is 0.456. The van der Waals surface area contributed by atoms with Crippen LogP contribution in [0, 0.1) is 10.1 Å². The van der Waals surface area contributed by atoms with Gasteiger partial charge in [0.2, 0.25) is 5.16 Å². The summed E-state index contributed by atoms with van der Waals surface area (Å²) in [6.45, 7) is 1.44. The zero-order valence-electron chi connectivity index (χ0n) is 11.8. The molecule has 1 fully saturated rings. The lowest BCUT2D eigenvalue weighted by Crippen LogP contribution is -2.16. The molecule has 9 heteroatoms. The molecule has 1 unspecified atom stereocenters. The lowest BCUT2D eigenvalue weighted by molar-refractivity contribution is -0.384. The number of rotatable bonds is 6. The number of hydrogen-bond donors (Lipinski definition) is 0. The highest BCUT2D eigenvalue weighted by Gasteiger charge is 2.19. The Morgan fingerprint density at radius 3 is 3.18 bits per heavy atom. The molecule has 0 amide bonds. The first-order valence-corrected chi connectivity index (χ1v) is 7.95. The number of tetrazole rings is 1. The lowest BCUT2D eigenvalue weighted by atomic mass is 10.2. The zero-order chi connectivity index (χ0) is 15.4. The molecule has 3 rings (SSSR count). The summed E-state index contributed by atoms with van der Waals surface area (Å²) in [6, 6.07) is 6.59. The van der Waals surface area contributed by atoms with Crippen molar-refractivity contribution in [1.29, 1.82) is 0 Å². The van der Waals surface area contributed by atoms with E-state index in [0.29, 0.717) is 17.5 Å². The lowest BCUT2D eigenvalue weighted by Gasteiger charge is -2.09. The summed E-state index contributed by atoms with van der Waals surface area (Å²) in [5.41, 5.74) is 0.961. The summed E-state index contributed by atoms with van der Waals surface area (Å²) in [6.07, 6.45) is 2.26. The van der Waals surface area contributed by atoms with Crippen molar-refractivity contribution in [3.8, 4) is 0 Å². The van der Waals surface area contributed by atoms with Crippen molar-refractivity contribution in [1.82, 2.24) is 20.2 Å². The van der Waals surface area contributed by atoms with Crippen LogP contribution in [-0.4, -0.2) is 37.8 Å². The van der Waals surface area contributed by atoms with Crippen molar-refractivity contribution >= 4 is 17.4 Å². The Bertz CT molecular complexity index is 657. The number of nitro groups is 1. The first kappa shape index (κ1) is 14.9. The van der Waals surface area contributed by atoms with Gasteiger partial charge in [0.05, 0.1) is 17.6 Å². The molecule has 1 atom stereocenters. The Morgan fingerprint density at radius 2 is 2.41 bits per heavy atom. The predicted octanol–water partition coefficient (Wildman–Crippen LogP) is 2.05. The Morgan fingerprint density at radius 1 is 1.50 bits per heavy atom. The summed E-state index contributed by atoms with van der Waals surface area (Å²) in [5.74, 6) is 0.577. The zero-order valence-corrected chi connectivity index (χ0v) is 12.6. The number of nitrogens with zero attached hydrogens (tertiary/aromatic N) is 5. The predicted molar refractivity (Wildman–Crippen MR) is 79.4 cm³/mol. The van der Waals surface area contributed by atoms with Crippen LogP contribution in [0.2, 0.25) is 0 Å². The smallest absolute Gasteiger partial charge is 0.269 e. The van der Waals surface area contributed by atoms with Crippen LogP contribution in [0.5, 0.6) is 0 Å². The van der Waals surface area contributed by atoms with E-state index in [1.165, 1.54) is 17.8 Å². The fraction of sp³-hybridized carbons (Fsp3) is 0.462. The van der Waals surface area contributed by atoms with Gasteiger partial charge in [-0.1, -0.05) is 23.9 Å². The van der Waals surface area contributed by atoms with Crippen molar-refractivity contribution in [2.45, 2.75) is 36.4 Å². The van der Waals surface area contributed by atoms with E-state index in [1.54, 1.807) is 16.8 Å². The molecule has 116 valence electrons. The van der Waals surface area contributed by atoms with Crippen molar-refractivity contribution in [2.75, 3.05) is 6.61 Å². The number of non-ortho nitro benzene ring substituents is 1. The fourth-order valence-corrected chi connectivity index (χ4v) is 3.13. The van der Waals surface area contributed by atoms with Gasteiger partial charge >= 0.3 is 0 Å². The highest BCUT2D eigenvalue weighted by molar-refractivity contribution is 7.98. The summed E-state index contributed by atoms with van der Waals surface area (Å²) in [5, 5.41) is 23.2. The molecule has 1 aliphatic rings. The van der Waals surface area contributed by atoms with Crippen LogP contribution >= 0.6 is 11.8 Å². The molecule has 0 bridgehead atoms. The average Bonchev–Trinajstić information content (AvgIpc) is 3.18. The maximum atomic E-state index is 10.8. The van der Waals surface area contributed by atoms with Gasteiger partial charge in [0.1, 0.15) is 0 Å². The van der Waals surface area contributed by atoms with Crippen LogP contribution < -0.4 is 0 Å². The van der Waals surface area contributed by atoms with E-state index < -0.39 is 4.92 Å². The molecule has 1 aliphatic heterocycles. The van der Waals surface area contributed by atoms with Gasteiger partial charge < -0.3 is 4.74 Å². The van der Waals surface area contributed by atoms with Crippen LogP contribution in [-0.2, 0) is 17.0 Å². The normalized spacial score (nSPS) is 17.7. The van der Waals surface area contributed by atoms with Gasteiger partial charge in [-0.15, -0.1) is 5.10 Å². The standard InChI is InChI=1S/C13H15N5O3S/c19-18(20)11-4-1-3-10(7-11)9-22-13-14-15-16-17(13)8-12-5-2-6-21-12/h1,3-4,7,12H,2,5-6,8-9H2. The van der Waals surface area contributed by atoms with Gasteiger partial charge in [-0.25, -0.2) is 4.68 Å². The minimum atomic E-state index is -0.393. The topological polar surface area (TPSA) is 96.0 Å². The first-order valence-electron chi connectivity index (χ1n) is 6.96. The molecule has 0 aliphatic carbocycles. The molecule has 0 radical (unpaired) electrons. The molecule has 8 nitrogen and oxygen atoms in total. The highest BCUT2D eigenvalue weighted by Crippen LogP contribution is 2.23. The Hall–Kier alpha value is -2.00. The van der Waals surface area contributed by atoms with Crippen LogP contribution in [0.25, 0.3) is 0 Å². The number of thioether (sulfide) groups is 1. The minimum absolute atomic E-state index is 0.0945. The second kappa shape index (κ2) is 6.84. The van der Waals surface area contributed by atoms with Gasteiger partial charge in [-0.3, -0.25) is 10.1 Å². The van der Waals surface area contributed by atoms with Crippen LogP contribution in [0.3, 0.4) is 0 Å². The summed E-state index contributed by atoms with van der Waals surface area (Å²) < 4.78 is 7.32. The first-order chi connectivity index (χ1) is 10.7. The highest BCUT2D eigenvalue weighted by atomic mass is 32.2. The Balaban J connectivity index is 1.63. The maximum absolute atomic E-state index is 10.8. The van der Waals surface area contributed by atoms with Crippen LogP contribution in [0.4, 0.5) is 5.69 Å². The van der Waals surface area contributed by atoms with Gasteiger partial charge in [0.15, 0.2) is 0 Å². The van der Waals surface area contributed by atoms with Gasteiger partial charge in [0, 0.05) is 24.5 Å². The van der Waals surface area contributed by atoms with Crippen LogP contribution in [0.1, 0.15) is 18.4 Å². The van der Waals surface area contributed by atoms with E-state index in [0.717, 1.165) is 25.0 Å². The van der Waals surface area contributed by atoms with E-state index in [9.17, 15) is 10.1 Å². The molecule has 1 aromatic carbocycles. The average molecular weight is 321 g/mol. The third-order valence-corrected chi connectivity index (χ3v) is 4.42. The van der Waals surface area contributed by atoms with Gasteiger partial charge in [-0.05, 0) is 28.8 Å². The molecule has 0 spiro atoms. The monoisotopic (exact) mass is 321 g/mol. The van der Waals surface area contributed by atoms with Crippen molar-refractivity contribution in [3.63, 3.8) is 0 Å². The third-order valence-electron chi connectivity index (χ3n) is 3.39. The molecule has 0 N–H and O–H groups in total. The Kier molecular flexibility index (Phi) is 4.64. The molecular weight excluding hydrogens is 306 g/mol. The summed E-state index contributed by atoms with van der Waals surface area (Å²) in [4.78, 5) is 10.4. The molecule has 1 saturated heterocycles. The molecule has 2 aromatic rings. The molecular formula is C13H15N5O3S. The van der Waals surface area contributed by atoms with E-state index in [1.807, 2.05) is 6.07 Å². The second-order valence-electron chi connectivity index (χ2n) is 4.99. The summed E-state index contributed by atoms with van der Waals surface area (Å²) in [7, 11) is 0. The van der Waals surface area contributed by atoms with Crippen LogP contribution in [0.15, 0.2) is 29.4 Å². The van der Waals surface area contributed by atoms with Gasteiger partial charge in [0.25, 0.3) is 5.69 Å². The molecule has 0 saturated carbocycles. The third kappa shape index (κ3) is 3.60. The molecule has 2 heterocycles. The number of benzene rings is 1. The van der Waals surface area contributed by atoms with Gasteiger partial charge in [-0.2, -0.15) is 0 Å².